The van der Waals surface area contributed by atoms with Crippen molar-refractivity contribution in [2.24, 2.45) is 0 Å². The van der Waals surface area contributed by atoms with E-state index in [1.807, 2.05) is 0 Å². The van der Waals surface area contributed by atoms with Gasteiger partial charge in [0.2, 0.25) is 0 Å². The number of alkyl halides is 3. The minimum Gasteiger partial charge on any atom is -0.350 e. The maximum absolute atomic E-state index is 12.6. The highest BCUT2D eigenvalue weighted by molar-refractivity contribution is 5.71. The smallest absolute Gasteiger partial charge is 0.350 e. The maximum Gasteiger partial charge on any atom is 0.416 e. The number of nitrogens with one attached hydrogen (secondary N) is 1. The number of nitro groups is 1. The summed E-state index contributed by atoms with van der Waals surface area (Å²) in [4.78, 5) is 10.1. The Morgan fingerprint density at radius 3 is 2.33 bits per heavy atom. The monoisotopic (exact) mass is 296 g/mol. The molecule has 0 atom stereocenters. The van der Waals surface area contributed by atoms with Crippen molar-refractivity contribution >= 4 is 17.1 Å². The lowest BCUT2D eigenvalue weighted by Gasteiger charge is -2.12. The molecule has 0 fully saturated rings. The third-order valence-electron chi connectivity index (χ3n) is 2.94. The van der Waals surface area contributed by atoms with Gasteiger partial charge < -0.3 is 5.32 Å². The number of halogens is 3. The molecule has 0 aromatic heterocycles. The first-order valence-electron chi connectivity index (χ1n) is 5.97. The van der Waals surface area contributed by atoms with Crippen LogP contribution in [0.25, 0.3) is 0 Å². The van der Waals surface area contributed by atoms with Gasteiger partial charge in [0.1, 0.15) is 5.69 Å². The number of anilines is 2. The van der Waals surface area contributed by atoms with E-state index in [2.05, 4.69) is 5.32 Å². The highest BCUT2D eigenvalue weighted by atomic mass is 19.4. The average molecular weight is 296 g/mol. The highest BCUT2D eigenvalue weighted by Gasteiger charge is 2.33. The lowest BCUT2D eigenvalue weighted by Crippen LogP contribution is -2.07. The molecule has 2 aromatic carbocycles. The average Bonchev–Trinajstić information content (AvgIpc) is 2.40. The van der Waals surface area contributed by atoms with Crippen molar-refractivity contribution in [2.75, 3.05) is 5.32 Å². The van der Waals surface area contributed by atoms with Crippen LogP contribution in [0.1, 0.15) is 11.1 Å². The topological polar surface area (TPSA) is 55.2 Å². The van der Waals surface area contributed by atoms with E-state index < -0.39 is 22.4 Å². The molecule has 0 bridgehead atoms. The first kappa shape index (κ1) is 14.8. The molecule has 110 valence electrons. The minimum atomic E-state index is -4.62. The van der Waals surface area contributed by atoms with E-state index in [4.69, 9.17) is 0 Å². The van der Waals surface area contributed by atoms with E-state index in [9.17, 15) is 23.3 Å². The number of benzene rings is 2. The number of nitro benzene ring substituents is 1. The molecule has 0 aliphatic heterocycles. The summed E-state index contributed by atoms with van der Waals surface area (Å²) in [6, 6.07) is 9.41. The summed E-state index contributed by atoms with van der Waals surface area (Å²) in [6.45, 7) is 1.79. The van der Waals surface area contributed by atoms with E-state index in [1.54, 1.807) is 31.2 Å². The van der Waals surface area contributed by atoms with Crippen LogP contribution in [-0.2, 0) is 6.18 Å². The van der Waals surface area contributed by atoms with Crippen molar-refractivity contribution in [2.45, 2.75) is 13.1 Å². The summed E-state index contributed by atoms with van der Waals surface area (Å²) >= 11 is 0. The van der Waals surface area contributed by atoms with Gasteiger partial charge in [-0.25, -0.2) is 0 Å². The quantitative estimate of drug-likeness (QED) is 0.661. The van der Waals surface area contributed by atoms with Crippen LogP contribution in [0.4, 0.5) is 30.2 Å². The lowest BCUT2D eigenvalue weighted by molar-refractivity contribution is -0.384. The first-order valence-corrected chi connectivity index (χ1v) is 5.97. The fraction of sp³-hybridized carbons (Fsp3) is 0.143. The van der Waals surface area contributed by atoms with Gasteiger partial charge in [0.15, 0.2) is 0 Å². The van der Waals surface area contributed by atoms with Crippen LogP contribution in [-0.4, -0.2) is 4.92 Å². The van der Waals surface area contributed by atoms with Crippen LogP contribution in [0.2, 0.25) is 0 Å². The van der Waals surface area contributed by atoms with Gasteiger partial charge in [0.25, 0.3) is 5.69 Å². The van der Waals surface area contributed by atoms with Crippen LogP contribution in [0.5, 0.6) is 0 Å². The van der Waals surface area contributed by atoms with Crippen LogP contribution in [0.15, 0.2) is 42.5 Å². The Balaban J connectivity index is 2.45. The zero-order valence-electron chi connectivity index (χ0n) is 10.9. The third-order valence-corrected chi connectivity index (χ3v) is 2.94. The Kier molecular flexibility index (Phi) is 3.84. The molecule has 0 unspecified atom stereocenters. The molecular formula is C14H11F3N2O2. The second-order valence-electron chi connectivity index (χ2n) is 4.43. The second-order valence-corrected chi connectivity index (χ2v) is 4.43. The fourth-order valence-electron chi connectivity index (χ4n) is 1.82. The van der Waals surface area contributed by atoms with Crippen LogP contribution in [0, 0.1) is 17.0 Å². The van der Waals surface area contributed by atoms with Gasteiger partial charge in [-0.05, 0) is 30.7 Å². The van der Waals surface area contributed by atoms with Crippen molar-refractivity contribution in [3.63, 3.8) is 0 Å². The van der Waals surface area contributed by atoms with Gasteiger partial charge in [-0.1, -0.05) is 18.2 Å². The molecular weight excluding hydrogens is 285 g/mol. The van der Waals surface area contributed by atoms with Crippen LogP contribution >= 0.6 is 0 Å². The third kappa shape index (κ3) is 3.31. The summed E-state index contributed by atoms with van der Waals surface area (Å²) in [5.41, 5.74) is -0.230. The highest BCUT2D eigenvalue weighted by Crippen LogP contribution is 2.36. The van der Waals surface area contributed by atoms with Gasteiger partial charge in [0.05, 0.1) is 10.5 Å². The molecule has 0 radical (unpaired) electrons. The molecule has 7 heteroatoms. The molecule has 2 rings (SSSR count). The predicted molar refractivity (Wildman–Crippen MR) is 72.6 cm³/mol. The van der Waals surface area contributed by atoms with E-state index >= 15 is 0 Å². The summed E-state index contributed by atoms with van der Waals surface area (Å²) in [7, 11) is 0. The molecule has 4 nitrogen and oxygen atoms in total. The van der Waals surface area contributed by atoms with E-state index in [0.29, 0.717) is 11.8 Å². The number of para-hydroxylation sites is 1. The van der Waals surface area contributed by atoms with Gasteiger partial charge in [-0.2, -0.15) is 13.2 Å². The van der Waals surface area contributed by atoms with Crippen molar-refractivity contribution < 1.29 is 18.1 Å². The second kappa shape index (κ2) is 5.43. The van der Waals surface area contributed by atoms with Crippen molar-refractivity contribution in [1.29, 1.82) is 0 Å². The summed E-state index contributed by atoms with van der Waals surface area (Å²) < 4.78 is 37.8. The molecule has 0 heterocycles. The molecule has 0 aliphatic rings. The Morgan fingerprint density at radius 2 is 1.76 bits per heavy atom. The molecule has 0 spiro atoms. The van der Waals surface area contributed by atoms with Gasteiger partial charge >= 0.3 is 6.18 Å². The number of hydrogen-bond donors (Lipinski definition) is 1. The Bertz CT molecular complexity index is 684. The van der Waals surface area contributed by atoms with Crippen molar-refractivity contribution in [1.82, 2.24) is 0 Å². The number of nitrogens with zero attached hydrogens (tertiary/aromatic N) is 1. The Labute approximate surface area is 118 Å². The summed E-state index contributed by atoms with van der Waals surface area (Å²) in [5.74, 6) is 0. The molecule has 21 heavy (non-hydrogen) atoms. The summed E-state index contributed by atoms with van der Waals surface area (Å²) in [6.07, 6.45) is -4.62. The summed E-state index contributed by atoms with van der Waals surface area (Å²) in [5, 5.41) is 13.8. The fourth-order valence-corrected chi connectivity index (χ4v) is 1.82. The minimum absolute atomic E-state index is 0.0160. The Hall–Kier alpha value is -2.57. The van der Waals surface area contributed by atoms with E-state index in [0.717, 1.165) is 17.7 Å². The van der Waals surface area contributed by atoms with Gasteiger partial charge in [0, 0.05) is 11.8 Å². The normalized spacial score (nSPS) is 11.2. The van der Waals surface area contributed by atoms with Crippen molar-refractivity contribution in [3.8, 4) is 0 Å². The van der Waals surface area contributed by atoms with E-state index in [1.165, 1.54) is 0 Å². The number of aryl methyl sites for hydroxylation is 1. The van der Waals surface area contributed by atoms with Gasteiger partial charge in [-0.3, -0.25) is 10.1 Å². The molecule has 0 saturated carbocycles. The Morgan fingerprint density at radius 1 is 1.10 bits per heavy atom. The molecule has 0 amide bonds. The van der Waals surface area contributed by atoms with Gasteiger partial charge in [-0.15, -0.1) is 0 Å². The molecule has 0 saturated heterocycles. The lowest BCUT2D eigenvalue weighted by atomic mass is 10.1. The molecule has 1 N–H and O–H groups in total. The number of hydrogen-bond acceptors (Lipinski definition) is 3. The zero-order valence-corrected chi connectivity index (χ0v) is 10.9. The molecule has 2 aromatic rings. The maximum atomic E-state index is 12.6. The van der Waals surface area contributed by atoms with Crippen molar-refractivity contribution in [3.05, 3.63) is 63.7 Å². The number of rotatable bonds is 3. The van der Waals surface area contributed by atoms with Crippen LogP contribution in [0.3, 0.4) is 0 Å². The molecule has 0 aliphatic carbocycles. The zero-order chi connectivity index (χ0) is 15.6. The SMILES string of the molecule is Cc1ccccc1Nc1ccc(C(F)(F)F)cc1[N+](=O)[O-]. The first-order chi connectivity index (χ1) is 9.79. The standard InChI is InChI=1S/C14H11F3N2O2/c1-9-4-2-3-5-11(9)18-12-7-6-10(14(15,16)17)8-13(12)19(20)21/h2-8,18H,1H3. The largest absolute Gasteiger partial charge is 0.416 e. The predicted octanol–water partition coefficient (Wildman–Crippen LogP) is 4.67. The van der Waals surface area contributed by atoms with Crippen LogP contribution < -0.4 is 5.32 Å². The van der Waals surface area contributed by atoms with E-state index in [-0.39, 0.29) is 5.69 Å².